The molecule has 4 aromatic rings. The largest absolute Gasteiger partial charge is 0.491 e. The maximum atomic E-state index is 6.27. The molecule has 2 aliphatic carbocycles. The number of aromatic nitrogens is 5. The van der Waals surface area contributed by atoms with Crippen molar-refractivity contribution in [3.63, 3.8) is 0 Å². The molecule has 0 saturated heterocycles. The molecule has 208 valence electrons. The van der Waals surface area contributed by atoms with Crippen LogP contribution < -0.4 is 15.0 Å². The summed E-state index contributed by atoms with van der Waals surface area (Å²) in [6.45, 7) is 9.61. The molecular weight excluding hydrogens is 498 g/mol. The Balaban J connectivity index is 1.22. The Morgan fingerprint density at radius 2 is 1.98 bits per heavy atom. The Morgan fingerprint density at radius 1 is 1.10 bits per heavy atom. The van der Waals surface area contributed by atoms with Crippen molar-refractivity contribution in [2.75, 3.05) is 18.1 Å². The number of nitrogens with zero attached hydrogens (tertiary/aromatic N) is 5. The molecule has 4 heterocycles. The Bertz CT molecular complexity index is 1550. The summed E-state index contributed by atoms with van der Waals surface area (Å²) in [6.07, 6.45) is 10.3. The lowest BCUT2D eigenvalue weighted by molar-refractivity contribution is 0.310. The van der Waals surface area contributed by atoms with Crippen molar-refractivity contribution in [2.45, 2.75) is 84.8 Å². The van der Waals surface area contributed by atoms with Gasteiger partial charge in [0.15, 0.2) is 5.65 Å². The zero-order chi connectivity index (χ0) is 27.3. The number of H-pyrrole nitrogens is 1. The van der Waals surface area contributed by atoms with Gasteiger partial charge in [-0.3, -0.25) is 0 Å². The van der Waals surface area contributed by atoms with E-state index >= 15 is 0 Å². The third kappa shape index (κ3) is 5.05. The molecule has 0 atom stereocenters. The number of rotatable bonds is 5. The normalized spacial score (nSPS) is 18.8. The van der Waals surface area contributed by atoms with Crippen molar-refractivity contribution >= 4 is 17.0 Å². The van der Waals surface area contributed by atoms with Crippen molar-refractivity contribution in [1.29, 1.82) is 0 Å². The van der Waals surface area contributed by atoms with Gasteiger partial charge in [-0.15, -0.1) is 0 Å². The second kappa shape index (κ2) is 10.1. The van der Waals surface area contributed by atoms with E-state index in [1.807, 2.05) is 13.1 Å². The molecule has 3 aromatic heterocycles. The first-order valence-electron chi connectivity index (χ1n) is 14.9. The first-order valence-corrected chi connectivity index (χ1v) is 14.9. The maximum absolute atomic E-state index is 6.27. The van der Waals surface area contributed by atoms with Gasteiger partial charge in [-0.05, 0) is 68.2 Å². The van der Waals surface area contributed by atoms with E-state index in [-0.39, 0.29) is 5.41 Å². The summed E-state index contributed by atoms with van der Waals surface area (Å²) in [6, 6.07) is 9.21. The highest BCUT2D eigenvalue weighted by Gasteiger charge is 2.32. The van der Waals surface area contributed by atoms with Gasteiger partial charge in [0.1, 0.15) is 29.8 Å². The molecule has 2 N–H and O–H groups in total. The van der Waals surface area contributed by atoms with E-state index in [1.54, 1.807) is 0 Å². The van der Waals surface area contributed by atoms with Crippen LogP contribution in [0.15, 0.2) is 30.5 Å². The summed E-state index contributed by atoms with van der Waals surface area (Å²) in [4.78, 5) is 25.1. The summed E-state index contributed by atoms with van der Waals surface area (Å²) in [5.74, 6) is 3.84. The highest BCUT2D eigenvalue weighted by molar-refractivity contribution is 5.78. The van der Waals surface area contributed by atoms with E-state index in [2.05, 4.69) is 63.3 Å². The fourth-order valence-corrected chi connectivity index (χ4v) is 6.62. The molecule has 1 saturated carbocycles. The van der Waals surface area contributed by atoms with E-state index in [1.165, 1.54) is 42.5 Å². The first kappa shape index (κ1) is 25.4. The van der Waals surface area contributed by atoms with Crippen molar-refractivity contribution < 1.29 is 4.74 Å². The van der Waals surface area contributed by atoms with Gasteiger partial charge >= 0.3 is 0 Å². The Labute approximate surface area is 236 Å². The van der Waals surface area contributed by atoms with E-state index in [0.29, 0.717) is 12.6 Å². The van der Waals surface area contributed by atoms with Crippen LogP contribution in [0.3, 0.4) is 0 Å². The zero-order valence-corrected chi connectivity index (χ0v) is 23.9. The van der Waals surface area contributed by atoms with Crippen LogP contribution in [0.1, 0.15) is 74.4 Å². The predicted molar refractivity (Wildman–Crippen MR) is 158 cm³/mol. The molecule has 0 bridgehead atoms. The molecule has 3 aliphatic rings. The molecule has 8 nitrogen and oxygen atoms in total. The molecule has 7 rings (SSSR count). The zero-order valence-electron chi connectivity index (χ0n) is 23.9. The van der Waals surface area contributed by atoms with Gasteiger partial charge < -0.3 is 19.9 Å². The monoisotopic (exact) mass is 537 g/mol. The minimum atomic E-state index is 0.249. The molecule has 0 amide bonds. The third-order valence-electron chi connectivity index (χ3n) is 8.84. The quantitative estimate of drug-likeness (QED) is 0.339. The van der Waals surface area contributed by atoms with E-state index in [4.69, 9.17) is 14.7 Å². The molecular formula is C32H39N7O. The summed E-state index contributed by atoms with van der Waals surface area (Å²) < 4.78 is 6.27. The highest BCUT2D eigenvalue weighted by atomic mass is 16.5. The molecule has 1 aliphatic heterocycles. The number of aromatic amines is 1. The number of ether oxygens (including phenoxy) is 1. The molecule has 1 fully saturated rings. The number of hydrogen-bond acceptors (Lipinski definition) is 7. The summed E-state index contributed by atoms with van der Waals surface area (Å²) in [5, 5.41) is 3.74. The minimum Gasteiger partial charge on any atom is -0.491 e. The molecule has 1 aromatic carbocycles. The minimum absolute atomic E-state index is 0.249. The Kier molecular flexibility index (Phi) is 6.45. The Hall–Kier alpha value is -3.52. The van der Waals surface area contributed by atoms with Crippen LogP contribution in [-0.2, 0) is 25.9 Å². The van der Waals surface area contributed by atoms with Crippen molar-refractivity contribution in [1.82, 2.24) is 30.2 Å². The van der Waals surface area contributed by atoms with Gasteiger partial charge in [-0.2, -0.15) is 0 Å². The second-order valence-corrected chi connectivity index (χ2v) is 12.6. The maximum Gasteiger partial charge on any atom is 0.177 e. The smallest absolute Gasteiger partial charge is 0.177 e. The average Bonchev–Trinajstić information content (AvgIpc) is 3.54. The van der Waals surface area contributed by atoms with Gasteiger partial charge in [0.2, 0.25) is 0 Å². The number of hydrogen-bond donors (Lipinski definition) is 2. The van der Waals surface area contributed by atoms with E-state index in [9.17, 15) is 0 Å². The lowest BCUT2D eigenvalue weighted by Gasteiger charge is -2.34. The number of imidazole rings is 1. The van der Waals surface area contributed by atoms with E-state index < -0.39 is 0 Å². The molecule has 0 radical (unpaired) electrons. The Morgan fingerprint density at radius 3 is 2.85 bits per heavy atom. The number of aryl methyl sites for hydroxylation is 2. The van der Waals surface area contributed by atoms with Crippen LogP contribution in [-0.4, -0.2) is 44.1 Å². The van der Waals surface area contributed by atoms with Crippen LogP contribution in [0.25, 0.3) is 22.3 Å². The topological polar surface area (TPSA) is 91.9 Å². The van der Waals surface area contributed by atoms with Gasteiger partial charge in [-0.25, -0.2) is 19.9 Å². The summed E-state index contributed by atoms with van der Waals surface area (Å²) in [5.41, 5.74) is 7.87. The van der Waals surface area contributed by atoms with Crippen LogP contribution in [0.5, 0.6) is 5.75 Å². The van der Waals surface area contributed by atoms with Crippen LogP contribution in [0, 0.1) is 12.3 Å². The fourth-order valence-electron chi connectivity index (χ4n) is 6.62. The fraction of sp³-hybridized carbons (Fsp3) is 0.500. The van der Waals surface area contributed by atoms with Crippen LogP contribution in [0.2, 0.25) is 0 Å². The number of fused-ring (bicyclic) bond motifs is 3. The molecule has 0 spiro atoms. The van der Waals surface area contributed by atoms with Crippen molar-refractivity contribution in [3.8, 4) is 16.9 Å². The summed E-state index contributed by atoms with van der Waals surface area (Å²) in [7, 11) is 0. The van der Waals surface area contributed by atoms with Gasteiger partial charge in [0.25, 0.3) is 0 Å². The first-order chi connectivity index (χ1) is 19.4. The van der Waals surface area contributed by atoms with Crippen LogP contribution in [0.4, 0.5) is 5.82 Å². The lowest BCUT2D eigenvalue weighted by atomic mass is 9.76. The van der Waals surface area contributed by atoms with Crippen molar-refractivity contribution in [2.24, 2.45) is 5.41 Å². The average molecular weight is 538 g/mol. The third-order valence-corrected chi connectivity index (χ3v) is 8.84. The molecule has 0 unspecified atom stereocenters. The SMILES string of the molecule is Cc1nc2ncc(-c3ccc4c(c3)CN(c3nc(CNC5CCCC5)nc5c3CC(C)(C)CC5)CCO4)cc2[nH]1. The second-order valence-electron chi connectivity index (χ2n) is 12.6. The lowest BCUT2D eigenvalue weighted by Crippen LogP contribution is -2.33. The standard InChI is InChI=1S/C32H39N7O/c1-20-35-27-15-22(17-34-30(27)36-20)21-8-9-28-23(14-21)19-39(12-13-40-28)31-25-16-32(2,3)11-10-26(25)37-29(38-31)18-33-24-6-4-5-7-24/h8-9,14-15,17,24,33H,4-7,10-13,16,18-19H2,1-3H3,(H,34,35,36). The summed E-state index contributed by atoms with van der Waals surface area (Å²) >= 11 is 0. The number of pyridine rings is 1. The number of anilines is 1. The highest BCUT2D eigenvalue weighted by Crippen LogP contribution is 2.39. The van der Waals surface area contributed by atoms with Gasteiger partial charge in [0, 0.05) is 41.2 Å². The van der Waals surface area contributed by atoms with Crippen LogP contribution >= 0.6 is 0 Å². The molecule has 40 heavy (non-hydrogen) atoms. The van der Waals surface area contributed by atoms with Gasteiger partial charge in [0.05, 0.1) is 18.6 Å². The van der Waals surface area contributed by atoms with E-state index in [0.717, 1.165) is 84.4 Å². The predicted octanol–water partition coefficient (Wildman–Crippen LogP) is 5.67. The van der Waals surface area contributed by atoms with Crippen molar-refractivity contribution in [3.05, 3.63) is 58.9 Å². The van der Waals surface area contributed by atoms with Gasteiger partial charge in [-0.1, -0.05) is 32.8 Å². The number of nitrogens with one attached hydrogen (secondary N) is 2. The molecule has 8 heteroatoms. The number of benzene rings is 1.